The maximum absolute atomic E-state index is 13.4. The van der Waals surface area contributed by atoms with Gasteiger partial charge < -0.3 is 20.1 Å². The van der Waals surface area contributed by atoms with E-state index in [1.54, 1.807) is 27.7 Å². The Kier molecular flexibility index (Phi) is 7.21. The Balaban J connectivity index is 3.99. The second kappa shape index (κ2) is 7.59. The third-order valence-electron chi connectivity index (χ3n) is 2.02. The fraction of sp³-hybridized carbons (Fsp3) is 0.917. The highest BCUT2D eigenvalue weighted by atomic mass is 19.3. The molecule has 0 radical (unpaired) electrons. The van der Waals surface area contributed by atoms with Crippen molar-refractivity contribution in [3.05, 3.63) is 0 Å². The number of halogens is 2. The van der Waals surface area contributed by atoms with E-state index in [0.29, 0.717) is 6.61 Å². The van der Waals surface area contributed by atoms with E-state index in [2.05, 4.69) is 10.6 Å². The molecule has 0 saturated carbocycles. The Hall–Kier alpha value is -0.950. The van der Waals surface area contributed by atoms with Gasteiger partial charge in [-0.25, -0.2) is 13.6 Å². The highest BCUT2D eigenvalue weighted by Crippen LogP contribution is 2.12. The topological polar surface area (TPSA) is 59.6 Å². The molecule has 0 aliphatic carbocycles. The second-order valence-electron chi connectivity index (χ2n) is 5.45. The van der Waals surface area contributed by atoms with Crippen LogP contribution in [-0.2, 0) is 9.47 Å². The van der Waals surface area contributed by atoms with Crippen molar-refractivity contribution < 1.29 is 23.0 Å². The molecule has 0 aromatic carbocycles. The van der Waals surface area contributed by atoms with Gasteiger partial charge in [-0.05, 0) is 27.7 Å². The van der Waals surface area contributed by atoms with E-state index in [1.165, 1.54) is 7.11 Å². The van der Waals surface area contributed by atoms with Gasteiger partial charge in [-0.1, -0.05) is 0 Å². The van der Waals surface area contributed by atoms with Crippen molar-refractivity contribution in [2.24, 2.45) is 0 Å². The normalized spacial score (nSPS) is 14.1. The van der Waals surface area contributed by atoms with Crippen LogP contribution in [0.1, 0.15) is 27.7 Å². The Morgan fingerprint density at radius 1 is 1.26 bits per heavy atom. The Bertz CT molecular complexity index is 281. The Morgan fingerprint density at radius 3 is 2.32 bits per heavy atom. The van der Waals surface area contributed by atoms with E-state index >= 15 is 0 Å². The first-order chi connectivity index (χ1) is 8.56. The summed E-state index contributed by atoms with van der Waals surface area (Å²) in [6, 6.07) is -0.183. The molecule has 0 aliphatic heterocycles. The van der Waals surface area contributed by atoms with Crippen LogP contribution in [-0.4, -0.2) is 50.5 Å². The van der Waals surface area contributed by atoms with Gasteiger partial charge in [0.05, 0.1) is 19.7 Å². The molecular formula is C12H24F2N2O3. The fourth-order valence-electron chi connectivity index (χ4n) is 1.21. The number of alkyl carbamates (subject to hydrolysis) is 1. The zero-order chi connectivity index (χ0) is 15.1. The molecule has 0 bridgehead atoms. The van der Waals surface area contributed by atoms with Crippen LogP contribution in [0.3, 0.4) is 0 Å². The Labute approximate surface area is 113 Å². The van der Waals surface area contributed by atoms with Crippen LogP contribution >= 0.6 is 0 Å². The summed E-state index contributed by atoms with van der Waals surface area (Å²) < 4.78 is 36.6. The van der Waals surface area contributed by atoms with Crippen LogP contribution < -0.4 is 10.6 Å². The summed E-state index contributed by atoms with van der Waals surface area (Å²) in [5.74, 6) is -3.04. The minimum Gasteiger partial charge on any atom is -0.444 e. The molecule has 1 atom stereocenters. The minimum atomic E-state index is -3.04. The molecule has 0 aliphatic rings. The minimum absolute atomic E-state index is 0.183. The molecule has 1 unspecified atom stereocenters. The van der Waals surface area contributed by atoms with E-state index in [4.69, 9.17) is 9.47 Å². The molecule has 0 spiro atoms. The van der Waals surface area contributed by atoms with Crippen LogP contribution in [0.4, 0.5) is 13.6 Å². The average molecular weight is 282 g/mol. The predicted octanol–water partition coefficient (Wildman–Crippen LogP) is 1.77. The van der Waals surface area contributed by atoms with Crippen LogP contribution in [0.15, 0.2) is 0 Å². The first-order valence-electron chi connectivity index (χ1n) is 6.13. The van der Waals surface area contributed by atoms with Crippen molar-refractivity contribution >= 4 is 6.09 Å². The summed E-state index contributed by atoms with van der Waals surface area (Å²) in [5, 5.41) is 4.68. The summed E-state index contributed by atoms with van der Waals surface area (Å²) in [6.07, 6.45) is -0.850. The largest absolute Gasteiger partial charge is 0.444 e. The maximum atomic E-state index is 13.4. The van der Waals surface area contributed by atoms with Crippen molar-refractivity contribution in [2.45, 2.75) is 45.3 Å². The van der Waals surface area contributed by atoms with E-state index < -0.39 is 30.7 Å². The van der Waals surface area contributed by atoms with Gasteiger partial charge in [0.1, 0.15) is 5.60 Å². The number of methoxy groups -OCH3 is 1. The number of nitrogens with one attached hydrogen (secondary N) is 2. The number of alkyl halides is 2. The van der Waals surface area contributed by atoms with Crippen molar-refractivity contribution in [1.82, 2.24) is 10.6 Å². The SMILES string of the molecule is COCC(C)NCC(F)(F)CNC(=O)OC(C)(C)C. The lowest BCUT2D eigenvalue weighted by Crippen LogP contribution is -2.47. The van der Waals surface area contributed by atoms with E-state index in [1.807, 2.05) is 0 Å². The van der Waals surface area contributed by atoms with Gasteiger partial charge >= 0.3 is 6.09 Å². The lowest BCUT2D eigenvalue weighted by Gasteiger charge is -2.23. The van der Waals surface area contributed by atoms with Gasteiger partial charge in [0.25, 0.3) is 5.92 Å². The van der Waals surface area contributed by atoms with Gasteiger partial charge in [-0.15, -0.1) is 0 Å². The van der Waals surface area contributed by atoms with Gasteiger partial charge in [0, 0.05) is 13.2 Å². The first-order valence-corrected chi connectivity index (χ1v) is 6.13. The Morgan fingerprint density at radius 2 is 1.84 bits per heavy atom. The number of ether oxygens (including phenoxy) is 2. The van der Waals surface area contributed by atoms with Gasteiger partial charge in [0.2, 0.25) is 0 Å². The standard InChI is InChI=1S/C12H24F2N2O3/c1-9(6-18-5)15-7-12(13,14)8-16-10(17)19-11(2,3)4/h9,15H,6-8H2,1-5H3,(H,16,17). The van der Waals surface area contributed by atoms with Crippen molar-refractivity contribution in [2.75, 3.05) is 26.8 Å². The third kappa shape index (κ3) is 10.6. The van der Waals surface area contributed by atoms with Crippen molar-refractivity contribution in [3.8, 4) is 0 Å². The predicted molar refractivity (Wildman–Crippen MR) is 68.5 cm³/mol. The first kappa shape index (κ1) is 18.0. The van der Waals surface area contributed by atoms with Crippen LogP contribution in [0.2, 0.25) is 0 Å². The van der Waals surface area contributed by atoms with E-state index in [-0.39, 0.29) is 6.04 Å². The quantitative estimate of drug-likeness (QED) is 0.747. The van der Waals surface area contributed by atoms with Gasteiger partial charge in [-0.3, -0.25) is 0 Å². The average Bonchev–Trinajstić information content (AvgIpc) is 2.22. The molecule has 0 fully saturated rings. The summed E-state index contributed by atoms with van der Waals surface area (Å²) in [6.45, 7) is 5.77. The third-order valence-corrected chi connectivity index (χ3v) is 2.02. The number of hydrogen-bond acceptors (Lipinski definition) is 4. The summed E-state index contributed by atoms with van der Waals surface area (Å²) in [5.41, 5.74) is -0.704. The summed E-state index contributed by atoms with van der Waals surface area (Å²) >= 11 is 0. The zero-order valence-electron chi connectivity index (χ0n) is 12.2. The maximum Gasteiger partial charge on any atom is 0.407 e. The zero-order valence-corrected chi connectivity index (χ0v) is 12.2. The molecule has 0 aromatic heterocycles. The van der Waals surface area contributed by atoms with Crippen LogP contribution in [0, 0.1) is 0 Å². The van der Waals surface area contributed by atoms with Crippen LogP contribution in [0.5, 0.6) is 0 Å². The van der Waals surface area contributed by atoms with Crippen molar-refractivity contribution in [3.63, 3.8) is 0 Å². The van der Waals surface area contributed by atoms with Crippen LogP contribution in [0.25, 0.3) is 0 Å². The van der Waals surface area contributed by atoms with E-state index in [0.717, 1.165) is 0 Å². The molecule has 1 amide bonds. The molecule has 114 valence electrons. The highest BCUT2D eigenvalue weighted by molar-refractivity contribution is 5.67. The summed E-state index contributed by atoms with van der Waals surface area (Å²) in [7, 11) is 1.50. The molecular weight excluding hydrogens is 258 g/mol. The van der Waals surface area contributed by atoms with Gasteiger partial charge in [-0.2, -0.15) is 0 Å². The molecule has 2 N–H and O–H groups in total. The highest BCUT2D eigenvalue weighted by Gasteiger charge is 2.30. The molecule has 5 nitrogen and oxygen atoms in total. The molecule has 7 heteroatoms. The molecule has 0 saturated heterocycles. The molecule has 19 heavy (non-hydrogen) atoms. The number of carbonyl (C=O) groups is 1. The fourth-order valence-corrected chi connectivity index (χ4v) is 1.21. The molecule has 0 heterocycles. The molecule has 0 rings (SSSR count). The monoisotopic (exact) mass is 282 g/mol. The number of hydrogen-bond donors (Lipinski definition) is 2. The second-order valence-corrected chi connectivity index (χ2v) is 5.45. The number of carbonyl (C=O) groups excluding carboxylic acids is 1. The lowest BCUT2D eigenvalue weighted by atomic mass is 10.2. The van der Waals surface area contributed by atoms with Crippen molar-refractivity contribution in [1.29, 1.82) is 0 Å². The number of amides is 1. The molecule has 0 aromatic rings. The lowest BCUT2D eigenvalue weighted by molar-refractivity contribution is -0.00704. The van der Waals surface area contributed by atoms with E-state index in [9.17, 15) is 13.6 Å². The van der Waals surface area contributed by atoms with Gasteiger partial charge in [0.15, 0.2) is 0 Å². The smallest absolute Gasteiger partial charge is 0.407 e. The number of rotatable bonds is 7. The summed E-state index contributed by atoms with van der Waals surface area (Å²) in [4.78, 5) is 11.2.